The Hall–Kier alpha value is -3.09. The van der Waals surface area contributed by atoms with E-state index >= 15 is 0 Å². The Labute approximate surface area is 145 Å². The number of aromatic nitrogens is 3. The van der Waals surface area contributed by atoms with Gasteiger partial charge in [0.15, 0.2) is 0 Å². The zero-order valence-corrected chi connectivity index (χ0v) is 13.8. The summed E-state index contributed by atoms with van der Waals surface area (Å²) in [6, 6.07) is 9.99. The van der Waals surface area contributed by atoms with Gasteiger partial charge in [0.05, 0.1) is 6.20 Å². The molecule has 3 heterocycles. The number of oxazole rings is 1. The molecule has 25 heavy (non-hydrogen) atoms. The molecule has 128 valence electrons. The summed E-state index contributed by atoms with van der Waals surface area (Å²) in [6.07, 6.45) is 5.80. The van der Waals surface area contributed by atoms with Crippen LogP contribution in [0, 0.1) is 0 Å². The number of nitrogens with one attached hydrogen (secondary N) is 1. The van der Waals surface area contributed by atoms with E-state index in [9.17, 15) is 4.79 Å². The lowest BCUT2D eigenvalue weighted by molar-refractivity contribution is 0.0704. The lowest BCUT2D eigenvalue weighted by Gasteiger charge is -2.33. The average molecular weight is 337 g/mol. The standard InChI is InChI=1S/C18H19N5O2/c24-17(22-8-10-23(11-9-22)18-19-6-7-20-18)16-21-13-15(25-16)12-14-4-2-1-3-5-14/h1-7,13H,8-12H2,(H,19,20). The summed E-state index contributed by atoms with van der Waals surface area (Å²) in [4.78, 5) is 28.0. The van der Waals surface area contributed by atoms with Crippen LogP contribution in [0.25, 0.3) is 0 Å². The molecule has 1 aromatic carbocycles. The van der Waals surface area contributed by atoms with Crippen LogP contribution < -0.4 is 4.90 Å². The molecule has 1 fully saturated rings. The number of nitrogens with zero attached hydrogens (tertiary/aromatic N) is 4. The van der Waals surface area contributed by atoms with Crippen molar-refractivity contribution in [2.75, 3.05) is 31.1 Å². The maximum Gasteiger partial charge on any atom is 0.309 e. The monoisotopic (exact) mass is 337 g/mol. The van der Waals surface area contributed by atoms with Gasteiger partial charge < -0.3 is 19.2 Å². The van der Waals surface area contributed by atoms with Gasteiger partial charge in [0.2, 0.25) is 5.95 Å². The number of H-pyrrole nitrogens is 1. The first-order chi connectivity index (χ1) is 12.3. The van der Waals surface area contributed by atoms with E-state index in [1.54, 1.807) is 23.5 Å². The number of rotatable bonds is 4. The molecule has 2 aromatic heterocycles. The fourth-order valence-electron chi connectivity index (χ4n) is 2.97. The van der Waals surface area contributed by atoms with Crippen molar-refractivity contribution in [1.82, 2.24) is 19.9 Å². The highest BCUT2D eigenvalue weighted by molar-refractivity contribution is 5.89. The molecule has 3 aromatic rings. The molecule has 0 unspecified atom stereocenters. The van der Waals surface area contributed by atoms with Gasteiger partial charge in [0.1, 0.15) is 5.76 Å². The molecule has 0 spiro atoms. The Kier molecular flexibility index (Phi) is 4.20. The molecule has 1 saturated heterocycles. The summed E-state index contributed by atoms with van der Waals surface area (Å²) in [5, 5.41) is 0. The van der Waals surface area contributed by atoms with Crippen LogP contribution in [0.3, 0.4) is 0 Å². The van der Waals surface area contributed by atoms with E-state index in [-0.39, 0.29) is 11.8 Å². The SMILES string of the molecule is O=C(c1ncc(Cc2ccccc2)o1)N1CCN(c2ncc[nH]2)CC1. The summed E-state index contributed by atoms with van der Waals surface area (Å²) >= 11 is 0. The molecule has 0 aliphatic carbocycles. The maximum absolute atomic E-state index is 12.6. The molecular weight excluding hydrogens is 318 g/mol. The molecule has 1 N–H and O–H groups in total. The van der Waals surface area contributed by atoms with Gasteiger partial charge in [-0.15, -0.1) is 0 Å². The molecule has 1 aliphatic heterocycles. The van der Waals surface area contributed by atoms with Crippen LogP contribution in [0.4, 0.5) is 5.95 Å². The number of imidazole rings is 1. The Morgan fingerprint density at radius 3 is 2.64 bits per heavy atom. The average Bonchev–Trinajstić information content (AvgIpc) is 3.34. The molecule has 7 heteroatoms. The highest BCUT2D eigenvalue weighted by Gasteiger charge is 2.26. The smallest absolute Gasteiger partial charge is 0.309 e. The lowest BCUT2D eigenvalue weighted by atomic mass is 10.1. The van der Waals surface area contributed by atoms with Crippen LogP contribution in [-0.4, -0.2) is 51.9 Å². The number of piperazine rings is 1. The molecule has 1 amide bonds. The number of benzene rings is 1. The number of carbonyl (C=O) groups excluding carboxylic acids is 1. The predicted octanol–water partition coefficient (Wildman–Crippen LogP) is 1.95. The fraction of sp³-hybridized carbons (Fsp3) is 0.278. The van der Waals surface area contributed by atoms with E-state index in [1.165, 1.54) is 0 Å². The van der Waals surface area contributed by atoms with Crippen molar-refractivity contribution in [2.45, 2.75) is 6.42 Å². The number of amides is 1. The first-order valence-electron chi connectivity index (χ1n) is 8.32. The molecule has 0 radical (unpaired) electrons. The van der Waals surface area contributed by atoms with Crippen molar-refractivity contribution < 1.29 is 9.21 Å². The van der Waals surface area contributed by atoms with Crippen molar-refractivity contribution in [2.24, 2.45) is 0 Å². The predicted molar refractivity (Wildman–Crippen MR) is 92.5 cm³/mol. The molecule has 4 rings (SSSR count). The van der Waals surface area contributed by atoms with Gasteiger partial charge in [-0.2, -0.15) is 0 Å². The first kappa shape index (κ1) is 15.4. The van der Waals surface area contributed by atoms with E-state index in [0.29, 0.717) is 25.3 Å². The third kappa shape index (κ3) is 3.40. The zero-order chi connectivity index (χ0) is 17.1. The van der Waals surface area contributed by atoms with Crippen molar-refractivity contribution in [3.8, 4) is 0 Å². The normalized spacial score (nSPS) is 14.7. The van der Waals surface area contributed by atoms with E-state index < -0.39 is 0 Å². The second-order valence-electron chi connectivity index (χ2n) is 5.99. The van der Waals surface area contributed by atoms with Crippen LogP contribution in [-0.2, 0) is 6.42 Å². The number of carbonyl (C=O) groups is 1. The summed E-state index contributed by atoms with van der Waals surface area (Å²) in [7, 11) is 0. The third-order valence-corrected chi connectivity index (χ3v) is 4.31. The van der Waals surface area contributed by atoms with Crippen molar-refractivity contribution in [3.05, 3.63) is 66.1 Å². The van der Waals surface area contributed by atoms with Gasteiger partial charge in [0.25, 0.3) is 5.89 Å². The summed E-state index contributed by atoms with van der Waals surface area (Å²) in [6.45, 7) is 2.71. The van der Waals surface area contributed by atoms with Gasteiger partial charge >= 0.3 is 5.91 Å². The van der Waals surface area contributed by atoms with E-state index in [2.05, 4.69) is 19.9 Å². The number of hydrogen-bond acceptors (Lipinski definition) is 5. The lowest BCUT2D eigenvalue weighted by Crippen LogP contribution is -2.49. The highest BCUT2D eigenvalue weighted by atomic mass is 16.4. The zero-order valence-electron chi connectivity index (χ0n) is 13.8. The largest absolute Gasteiger partial charge is 0.437 e. The minimum Gasteiger partial charge on any atom is -0.437 e. The molecule has 0 atom stereocenters. The molecule has 1 aliphatic rings. The van der Waals surface area contributed by atoms with Crippen LogP contribution in [0.1, 0.15) is 22.0 Å². The summed E-state index contributed by atoms with van der Waals surface area (Å²) in [5.74, 6) is 1.55. The Balaban J connectivity index is 1.37. The van der Waals surface area contributed by atoms with Crippen LogP contribution in [0.5, 0.6) is 0 Å². The maximum atomic E-state index is 12.6. The number of aromatic amines is 1. The minimum absolute atomic E-state index is 0.154. The Morgan fingerprint density at radius 1 is 1.12 bits per heavy atom. The topological polar surface area (TPSA) is 78.3 Å². The Morgan fingerprint density at radius 2 is 1.92 bits per heavy atom. The van der Waals surface area contributed by atoms with E-state index in [0.717, 1.165) is 24.6 Å². The molecule has 7 nitrogen and oxygen atoms in total. The van der Waals surface area contributed by atoms with Crippen LogP contribution in [0.2, 0.25) is 0 Å². The highest BCUT2D eigenvalue weighted by Crippen LogP contribution is 2.15. The number of hydrogen-bond donors (Lipinski definition) is 1. The number of anilines is 1. The molecule has 0 bridgehead atoms. The van der Waals surface area contributed by atoms with Gasteiger partial charge in [-0.25, -0.2) is 9.97 Å². The van der Waals surface area contributed by atoms with Crippen LogP contribution >= 0.6 is 0 Å². The minimum atomic E-state index is -0.154. The third-order valence-electron chi connectivity index (χ3n) is 4.31. The fourth-order valence-corrected chi connectivity index (χ4v) is 2.97. The quantitative estimate of drug-likeness (QED) is 0.787. The van der Waals surface area contributed by atoms with E-state index in [4.69, 9.17) is 4.42 Å². The van der Waals surface area contributed by atoms with Gasteiger partial charge in [-0.3, -0.25) is 4.79 Å². The van der Waals surface area contributed by atoms with Crippen molar-refractivity contribution in [1.29, 1.82) is 0 Å². The second kappa shape index (κ2) is 6.80. The summed E-state index contributed by atoms with van der Waals surface area (Å²) < 4.78 is 5.67. The van der Waals surface area contributed by atoms with Gasteiger partial charge in [-0.05, 0) is 5.56 Å². The first-order valence-corrected chi connectivity index (χ1v) is 8.32. The molecular formula is C18H19N5O2. The van der Waals surface area contributed by atoms with Crippen molar-refractivity contribution >= 4 is 11.9 Å². The van der Waals surface area contributed by atoms with Gasteiger partial charge in [-0.1, -0.05) is 30.3 Å². The van der Waals surface area contributed by atoms with Crippen LogP contribution in [0.15, 0.2) is 53.3 Å². The van der Waals surface area contributed by atoms with Gasteiger partial charge in [0, 0.05) is 45.0 Å². The Bertz CT molecular complexity index is 820. The van der Waals surface area contributed by atoms with E-state index in [1.807, 2.05) is 30.3 Å². The van der Waals surface area contributed by atoms with Crippen molar-refractivity contribution in [3.63, 3.8) is 0 Å². The second-order valence-corrected chi connectivity index (χ2v) is 5.99. The molecule has 0 saturated carbocycles. The summed E-state index contributed by atoms with van der Waals surface area (Å²) in [5.41, 5.74) is 1.13.